The lowest BCUT2D eigenvalue weighted by atomic mass is 10.0. The second-order valence-corrected chi connectivity index (χ2v) is 6.94. The molecule has 0 bridgehead atoms. The van der Waals surface area contributed by atoms with Crippen molar-refractivity contribution in [3.8, 4) is 11.5 Å². The molecule has 0 radical (unpaired) electrons. The number of likely N-dealkylation sites (N-methyl/N-ethyl adjacent to an activating group) is 1. The number of rotatable bonds is 7. The Hall–Kier alpha value is -2.17. The summed E-state index contributed by atoms with van der Waals surface area (Å²) in [5, 5.41) is 12.0. The highest BCUT2D eigenvalue weighted by Crippen LogP contribution is 2.21. The molecule has 2 unspecified atom stereocenters. The van der Waals surface area contributed by atoms with Crippen LogP contribution in [0.2, 0.25) is 0 Å². The van der Waals surface area contributed by atoms with Gasteiger partial charge in [0.15, 0.2) is 0 Å². The van der Waals surface area contributed by atoms with Gasteiger partial charge in [0.25, 0.3) is 0 Å². The first-order chi connectivity index (χ1) is 13.1. The lowest BCUT2D eigenvalue weighted by Crippen LogP contribution is -2.39. The number of benzene rings is 2. The van der Waals surface area contributed by atoms with E-state index in [0.717, 1.165) is 36.6 Å². The van der Waals surface area contributed by atoms with E-state index in [1.54, 1.807) is 0 Å². The van der Waals surface area contributed by atoms with Crippen LogP contribution in [0.15, 0.2) is 54.6 Å². The average Bonchev–Trinajstić information content (AvgIpc) is 3.09. The van der Waals surface area contributed by atoms with Crippen molar-refractivity contribution in [3.05, 3.63) is 60.2 Å². The Morgan fingerprint density at radius 1 is 1.11 bits per heavy atom. The fourth-order valence-electron chi connectivity index (χ4n) is 3.31. The molecule has 0 aliphatic carbocycles. The van der Waals surface area contributed by atoms with Crippen LogP contribution in [0.1, 0.15) is 39.2 Å². The van der Waals surface area contributed by atoms with Crippen molar-refractivity contribution in [2.75, 3.05) is 20.1 Å². The van der Waals surface area contributed by atoms with Gasteiger partial charge in [-0.2, -0.15) is 0 Å². The van der Waals surface area contributed by atoms with Gasteiger partial charge in [0, 0.05) is 30.8 Å². The number of nitrogens with one attached hydrogen (secondary N) is 2. The molecule has 4 heteroatoms. The Morgan fingerprint density at radius 3 is 2.33 bits per heavy atom. The molecule has 0 amide bonds. The number of likely N-dealkylation sites (tertiary alicyclic amines) is 1. The van der Waals surface area contributed by atoms with Crippen molar-refractivity contribution in [1.29, 1.82) is 5.41 Å². The molecule has 146 valence electrons. The molecular formula is C23H33N3O. The summed E-state index contributed by atoms with van der Waals surface area (Å²) >= 11 is 0. The van der Waals surface area contributed by atoms with Crippen molar-refractivity contribution in [1.82, 2.24) is 10.2 Å². The van der Waals surface area contributed by atoms with E-state index >= 15 is 0 Å². The fourth-order valence-corrected chi connectivity index (χ4v) is 3.31. The number of para-hydroxylation sites is 1. The maximum absolute atomic E-state index is 8.37. The Bertz CT molecular complexity index is 685. The summed E-state index contributed by atoms with van der Waals surface area (Å²) in [6, 6.07) is 18.4. The first kappa shape index (κ1) is 21.1. The third-order valence-corrected chi connectivity index (χ3v) is 4.60. The molecule has 2 atom stereocenters. The van der Waals surface area contributed by atoms with Gasteiger partial charge in [-0.15, -0.1) is 0 Å². The molecule has 2 aromatic rings. The van der Waals surface area contributed by atoms with Crippen LogP contribution in [0, 0.1) is 5.41 Å². The van der Waals surface area contributed by atoms with Crippen LogP contribution in [-0.2, 0) is 0 Å². The molecule has 0 saturated carbocycles. The second kappa shape index (κ2) is 10.9. The van der Waals surface area contributed by atoms with E-state index in [1.807, 2.05) is 68.4 Å². The van der Waals surface area contributed by atoms with Gasteiger partial charge < -0.3 is 20.4 Å². The Balaban J connectivity index is 0.00000126. The lowest BCUT2D eigenvalue weighted by molar-refractivity contribution is 0.387. The van der Waals surface area contributed by atoms with Crippen LogP contribution in [0.3, 0.4) is 0 Å². The Kier molecular flexibility index (Phi) is 8.49. The SMILES string of the molecule is CC.CC(CC(=N)c1ccc(Oc2ccccc2)cc1)NC1CCN(C)C1. The summed E-state index contributed by atoms with van der Waals surface area (Å²) in [6.45, 7) is 8.42. The van der Waals surface area contributed by atoms with E-state index in [4.69, 9.17) is 10.1 Å². The highest BCUT2D eigenvalue weighted by Gasteiger charge is 2.21. The zero-order valence-electron chi connectivity index (χ0n) is 17.0. The summed E-state index contributed by atoms with van der Waals surface area (Å²) < 4.78 is 5.81. The molecule has 2 N–H and O–H groups in total. The van der Waals surface area contributed by atoms with Crippen LogP contribution in [-0.4, -0.2) is 42.8 Å². The quantitative estimate of drug-likeness (QED) is 0.681. The van der Waals surface area contributed by atoms with Crippen LogP contribution in [0.5, 0.6) is 11.5 Å². The largest absolute Gasteiger partial charge is 0.457 e. The van der Waals surface area contributed by atoms with Gasteiger partial charge in [-0.25, -0.2) is 0 Å². The van der Waals surface area contributed by atoms with Crippen molar-refractivity contribution >= 4 is 5.71 Å². The fraction of sp³-hybridized carbons (Fsp3) is 0.435. The Morgan fingerprint density at radius 2 is 1.74 bits per heavy atom. The summed E-state index contributed by atoms with van der Waals surface area (Å²) in [5.41, 5.74) is 1.62. The molecule has 0 spiro atoms. The van der Waals surface area contributed by atoms with Crippen molar-refractivity contribution in [2.24, 2.45) is 0 Å². The van der Waals surface area contributed by atoms with Crippen molar-refractivity contribution in [3.63, 3.8) is 0 Å². The molecule has 1 saturated heterocycles. The van der Waals surface area contributed by atoms with Crippen LogP contribution < -0.4 is 10.1 Å². The number of nitrogens with zero attached hydrogens (tertiary/aromatic N) is 1. The first-order valence-corrected chi connectivity index (χ1v) is 9.95. The van der Waals surface area contributed by atoms with Crippen molar-refractivity contribution in [2.45, 2.75) is 45.7 Å². The van der Waals surface area contributed by atoms with Crippen molar-refractivity contribution < 1.29 is 4.74 Å². The van der Waals surface area contributed by atoms with E-state index in [9.17, 15) is 0 Å². The summed E-state index contributed by atoms with van der Waals surface area (Å²) in [7, 11) is 2.16. The third kappa shape index (κ3) is 6.81. The second-order valence-electron chi connectivity index (χ2n) is 6.94. The predicted octanol–water partition coefficient (Wildman–Crippen LogP) is 4.95. The van der Waals surface area contributed by atoms with Gasteiger partial charge in [0.05, 0.1) is 0 Å². The van der Waals surface area contributed by atoms with Gasteiger partial charge >= 0.3 is 0 Å². The normalized spacial score (nSPS) is 17.7. The minimum Gasteiger partial charge on any atom is -0.457 e. The van der Waals surface area contributed by atoms with Gasteiger partial charge in [0.2, 0.25) is 0 Å². The van der Waals surface area contributed by atoms with E-state index in [-0.39, 0.29) is 0 Å². The van der Waals surface area contributed by atoms with E-state index < -0.39 is 0 Å². The molecule has 1 aliphatic rings. The average molecular weight is 368 g/mol. The molecule has 3 rings (SSSR count). The smallest absolute Gasteiger partial charge is 0.127 e. The minimum atomic E-state index is 0.309. The van der Waals surface area contributed by atoms with Crippen LogP contribution >= 0.6 is 0 Å². The van der Waals surface area contributed by atoms with E-state index in [2.05, 4.69) is 24.2 Å². The molecular weight excluding hydrogens is 334 g/mol. The molecule has 0 aromatic heterocycles. The minimum absolute atomic E-state index is 0.309. The maximum atomic E-state index is 8.37. The molecule has 1 aliphatic heterocycles. The zero-order chi connectivity index (χ0) is 19.6. The lowest BCUT2D eigenvalue weighted by Gasteiger charge is -2.20. The number of ether oxygens (including phenoxy) is 1. The summed E-state index contributed by atoms with van der Waals surface area (Å²) in [4.78, 5) is 2.35. The number of hydrogen-bond acceptors (Lipinski definition) is 4. The highest BCUT2D eigenvalue weighted by molar-refractivity contribution is 5.98. The molecule has 4 nitrogen and oxygen atoms in total. The third-order valence-electron chi connectivity index (χ3n) is 4.60. The maximum Gasteiger partial charge on any atom is 0.127 e. The first-order valence-electron chi connectivity index (χ1n) is 9.95. The van der Waals surface area contributed by atoms with Gasteiger partial charge in [-0.3, -0.25) is 0 Å². The molecule has 27 heavy (non-hydrogen) atoms. The molecule has 2 aromatic carbocycles. The summed E-state index contributed by atoms with van der Waals surface area (Å²) in [5.74, 6) is 1.62. The molecule has 1 heterocycles. The summed E-state index contributed by atoms with van der Waals surface area (Å²) in [6.07, 6.45) is 1.93. The predicted molar refractivity (Wildman–Crippen MR) is 114 cm³/mol. The van der Waals surface area contributed by atoms with Crippen LogP contribution in [0.25, 0.3) is 0 Å². The van der Waals surface area contributed by atoms with Gasteiger partial charge in [-0.1, -0.05) is 32.0 Å². The topological polar surface area (TPSA) is 48.4 Å². The highest BCUT2D eigenvalue weighted by atomic mass is 16.5. The van der Waals surface area contributed by atoms with Crippen LogP contribution in [0.4, 0.5) is 0 Å². The monoisotopic (exact) mass is 367 g/mol. The number of hydrogen-bond donors (Lipinski definition) is 2. The van der Waals surface area contributed by atoms with Gasteiger partial charge in [-0.05, 0) is 68.9 Å². The van der Waals surface area contributed by atoms with Gasteiger partial charge in [0.1, 0.15) is 11.5 Å². The Labute approximate surface area is 164 Å². The standard InChI is InChI=1S/C21H27N3O.C2H6/c1-16(23-18-12-13-24(2)15-18)14-21(22)17-8-10-20(11-9-17)25-19-6-4-3-5-7-19;1-2/h3-11,16,18,22-23H,12-15H2,1-2H3;1-2H3. The zero-order valence-corrected chi connectivity index (χ0v) is 17.0. The van der Waals surface area contributed by atoms with E-state index in [1.165, 1.54) is 6.42 Å². The van der Waals surface area contributed by atoms with E-state index in [0.29, 0.717) is 17.8 Å². The molecule has 1 fully saturated rings.